The molecule has 1 aliphatic rings. The van der Waals surface area contributed by atoms with Gasteiger partial charge in [-0.3, -0.25) is 13.8 Å². The Morgan fingerprint density at radius 1 is 1.44 bits per heavy atom. The zero-order valence-electron chi connectivity index (χ0n) is 9.32. The van der Waals surface area contributed by atoms with Crippen molar-refractivity contribution in [3.05, 3.63) is 0 Å². The first-order valence-electron chi connectivity index (χ1n) is 5.39. The van der Waals surface area contributed by atoms with Crippen LogP contribution < -0.4 is 5.32 Å². The van der Waals surface area contributed by atoms with Crippen LogP contribution in [-0.4, -0.2) is 39.2 Å². The van der Waals surface area contributed by atoms with Crippen molar-refractivity contribution in [1.29, 1.82) is 0 Å². The van der Waals surface area contributed by atoms with E-state index in [1.807, 2.05) is 6.92 Å². The van der Waals surface area contributed by atoms with Gasteiger partial charge < -0.3 is 10.4 Å². The number of hydrogen-bond donors (Lipinski definition) is 2. The summed E-state index contributed by atoms with van der Waals surface area (Å²) in [6.07, 6.45) is 1.59. The number of hydrogen-bond acceptors (Lipinski definition) is 3. The standard InChI is InChI=1S/C10H17NO4S/c1-2-16(15)7-6-11-8(12)10(9(13)14)4-3-5-10/h2-7H2,1H3,(H,11,12)(H,13,14). The van der Waals surface area contributed by atoms with E-state index < -0.39 is 28.1 Å². The molecule has 0 bridgehead atoms. The number of nitrogens with one attached hydrogen (secondary N) is 1. The lowest BCUT2D eigenvalue weighted by atomic mass is 9.68. The first-order valence-corrected chi connectivity index (χ1v) is 6.88. The van der Waals surface area contributed by atoms with Gasteiger partial charge in [-0.15, -0.1) is 0 Å². The van der Waals surface area contributed by atoms with E-state index in [1.54, 1.807) is 0 Å². The maximum atomic E-state index is 11.7. The second-order valence-electron chi connectivity index (χ2n) is 3.93. The van der Waals surface area contributed by atoms with E-state index >= 15 is 0 Å². The zero-order chi connectivity index (χ0) is 12.2. The van der Waals surface area contributed by atoms with Crippen molar-refractivity contribution in [2.24, 2.45) is 5.41 Å². The van der Waals surface area contributed by atoms with Crippen molar-refractivity contribution in [2.45, 2.75) is 26.2 Å². The summed E-state index contributed by atoms with van der Waals surface area (Å²) in [5.41, 5.74) is -1.21. The number of carboxylic acids is 1. The lowest BCUT2D eigenvalue weighted by molar-refractivity contribution is -0.162. The minimum absolute atomic E-state index is 0.286. The van der Waals surface area contributed by atoms with Crippen LogP contribution >= 0.6 is 0 Å². The average molecular weight is 247 g/mol. The number of carboxylic acid groups (broad SMARTS) is 1. The molecule has 2 N–H and O–H groups in total. The molecule has 0 saturated heterocycles. The van der Waals surface area contributed by atoms with Gasteiger partial charge in [-0.25, -0.2) is 0 Å². The van der Waals surface area contributed by atoms with Crippen LogP contribution in [-0.2, 0) is 20.4 Å². The molecule has 0 aromatic carbocycles. The van der Waals surface area contributed by atoms with Crippen molar-refractivity contribution in [3.63, 3.8) is 0 Å². The fourth-order valence-electron chi connectivity index (χ4n) is 1.66. The Kier molecular flexibility index (Phi) is 4.46. The maximum Gasteiger partial charge on any atom is 0.319 e. The van der Waals surface area contributed by atoms with E-state index in [4.69, 9.17) is 5.11 Å². The Labute approximate surface area is 97.1 Å². The molecule has 0 heterocycles. The van der Waals surface area contributed by atoms with Crippen LogP contribution in [0.5, 0.6) is 0 Å². The summed E-state index contributed by atoms with van der Waals surface area (Å²) < 4.78 is 11.1. The summed E-state index contributed by atoms with van der Waals surface area (Å²) in [7, 11) is -0.927. The highest BCUT2D eigenvalue weighted by Crippen LogP contribution is 2.41. The Hall–Kier alpha value is -0.910. The van der Waals surface area contributed by atoms with Crippen molar-refractivity contribution in [2.75, 3.05) is 18.1 Å². The molecule has 1 unspecified atom stereocenters. The normalized spacial score (nSPS) is 19.6. The Balaban J connectivity index is 2.40. The van der Waals surface area contributed by atoms with Gasteiger partial charge in [-0.2, -0.15) is 0 Å². The highest BCUT2D eigenvalue weighted by atomic mass is 32.2. The number of carbonyl (C=O) groups is 2. The van der Waals surface area contributed by atoms with E-state index in [0.717, 1.165) is 6.42 Å². The maximum absolute atomic E-state index is 11.7. The molecule has 0 aliphatic heterocycles. The van der Waals surface area contributed by atoms with Crippen LogP contribution in [0.15, 0.2) is 0 Å². The molecule has 1 saturated carbocycles. The van der Waals surface area contributed by atoms with Crippen molar-refractivity contribution >= 4 is 22.7 Å². The van der Waals surface area contributed by atoms with Gasteiger partial charge in [0.05, 0.1) is 0 Å². The number of aliphatic carboxylic acids is 1. The first-order chi connectivity index (χ1) is 7.53. The van der Waals surface area contributed by atoms with E-state index in [2.05, 4.69) is 5.32 Å². The fraction of sp³-hybridized carbons (Fsp3) is 0.800. The molecule has 5 nitrogen and oxygen atoms in total. The van der Waals surface area contributed by atoms with Crippen LogP contribution in [0.2, 0.25) is 0 Å². The molecule has 0 radical (unpaired) electrons. The molecule has 1 amide bonds. The lowest BCUT2D eigenvalue weighted by Crippen LogP contribution is -2.51. The highest BCUT2D eigenvalue weighted by molar-refractivity contribution is 7.84. The van der Waals surface area contributed by atoms with Crippen molar-refractivity contribution in [3.8, 4) is 0 Å². The fourth-order valence-corrected chi connectivity index (χ4v) is 2.28. The van der Waals surface area contributed by atoms with Crippen LogP contribution in [0.3, 0.4) is 0 Å². The SMILES string of the molecule is CCS(=O)CCNC(=O)C1(C(=O)O)CCC1. The Morgan fingerprint density at radius 2 is 2.06 bits per heavy atom. The molecule has 6 heteroatoms. The summed E-state index contributed by atoms with van der Waals surface area (Å²) in [4.78, 5) is 22.6. The smallest absolute Gasteiger partial charge is 0.319 e. The Bertz CT molecular complexity index is 312. The molecule has 0 aromatic rings. The quantitative estimate of drug-likeness (QED) is 0.653. The predicted molar refractivity (Wildman–Crippen MR) is 60.5 cm³/mol. The van der Waals surface area contributed by atoms with Crippen LogP contribution in [0.4, 0.5) is 0 Å². The second kappa shape index (κ2) is 5.43. The largest absolute Gasteiger partial charge is 0.480 e. The van der Waals surface area contributed by atoms with Gasteiger partial charge >= 0.3 is 5.97 Å². The van der Waals surface area contributed by atoms with E-state index in [1.165, 1.54) is 0 Å². The second-order valence-corrected chi connectivity index (χ2v) is 5.79. The molecule has 1 rings (SSSR count). The predicted octanol–water partition coefficient (Wildman–Crippen LogP) is 0.126. The minimum atomic E-state index is -1.21. The van der Waals surface area contributed by atoms with Gasteiger partial charge in [0.1, 0.15) is 5.41 Å². The van der Waals surface area contributed by atoms with Gasteiger partial charge in [0, 0.05) is 28.9 Å². The summed E-state index contributed by atoms with van der Waals surface area (Å²) in [6.45, 7) is 2.09. The molecule has 0 aromatic heterocycles. The van der Waals surface area contributed by atoms with Gasteiger partial charge in [0.15, 0.2) is 0 Å². The van der Waals surface area contributed by atoms with Gasteiger partial charge in [0.2, 0.25) is 5.91 Å². The summed E-state index contributed by atoms with van der Waals surface area (Å²) in [5.74, 6) is -0.537. The third-order valence-corrected chi connectivity index (χ3v) is 4.29. The minimum Gasteiger partial charge on any atom is -0.480 e. The van der Waals surface area contributed by atoms with Crippen LogP contribution in [0, 0.1) is 5.41 Å². The third kappa shape index (κ3) is 2.61. The summed E-state index contributed by atoms with van der Waals surface area (Å²) in [6, 6.07) is 0. The van der Waals surface area contributed by atoms with Crippen molar-refractivity contribution in [1.82, 2.24) is 5.32 Å². The molecule has 92 valence electrons. The highest BCUT2D eigenvalue weighted by Gasteiger charge is 2.50. The number of rotatable bonds is 6. The monoisotopic (exact) mass is 247 g/mol. The molecule has 1 atom stereocenters. The number of amides is 1. The summed E-state index contributed by atoms with van der Waals surface area (Å²) in [5, 5.41) is 11.5. The molecule has 16 heavy (non-hydrogen) atoms. The third-order valence-electron chi connectivity index (χ3n) is 2.99. The van der Waals surface area contributed by atoms with Crippen molar-refractivity contribution < 1.29 is 18.9 Å². The van der Waals surface area contributed by atoms with Gasteiger partial charge in [-0.1, -0.05) is 13.3 Å². The van der Waals surface area contributed by atoms with E-state index in [0.29, 0.717) is 24.3 Å². The topological polar surface area (TPSA) is 83.5 Å². The van der Waals surface area contributed by atoms with E-state index in [9.17, 15) is 13.8 Å². The molecule has 1 fully saturated rings. The molecule has 0 spiro atoms. The van der Waals surface area contributed by atoms with Gasteiger partial charge in [0.25, 0.3) is 0 Å². The van der Waals surface area contributed by atoms with E-state index in [-0.39, 0.29) is 6.54 Å². The average Bonchev–Trinajstić information content (AvgIpc) is 2.15. The molecule has 1 aliphatic carbocycles. The van der Waals surface area contributed by atoms with Gasteiger partial charge in [-0.05, 0) is 12.8 Å². The first kappa shape index (κ1) is 13.2. The molecular weight excluding hydrogens is 230 g/mol. The summed E-state index contributed by atoms with van der Waals surface area (Å²) >= 11 is 0. The van der Waals surface area contributed by atoms with Crippen LogP contribution in [0.25, 0.3) is 0 Å². The van der Waals surface area contributed by atoms with Crippen LogP contribution in [0.1, 0.15) is 26.2 Å². The Morgan fingerprint density at radius 3 is 2.44 bits per heavy atom. The molecular formula is C10H17NO4S. The number of carbonyl (C=O) groups excluding carboxylic acids is 1. The zero-order valence-corrected chi connectivity index (χ0v) is 10.1. The lowest BCUT2D eigenvalue weighted by Gasteiger charge is -2.35.